The summed E-state index contributed by atoms with van der Waals surface area (Å²) >= 11 is 9.61. The van der Waals surface area contributed by atoms with E-state index < -0.39 is 10.0 Å². The minimum atomic E-state index is -3.92. The van der Waals surface area contributed by atoms with Gasteiger partial charge in [0.25, 0.3) is 15.6 Å². The molecule has 1 N–H and O–H groups in total. The van der Waals surface area contributed by atoms with Gasteiger partial charge in [-0.2, -0.15) is 0 Å². The van der Waals surface area contributed by atoms with Crippen LogP contribution in [0.15, 0.2) is 67.4 Å². The van der Waals surface area contributed by atoms with Gasteiger partial charge in [0, 0.05) is 22.0 Å². The number of hydrogen-bond acceptors (Lipinski definition) is 6. The summed E-state index contributed by atoms with van der Waals surface area (Å²) in [5, 5.41) is 4.53. The summed E-state index contributed by atoms with van der Waals surface area (Å²) in [6.07, 6.45) is 1.26. The minimum absolute atomic E-state index is 0.0112. The number of nitrogens with zero attached hydrogens (tertiary/aromatic N) is 2. The number of sulfonamides is 1. The molecule has 0 fully saturated rings. The van der Waals surface area contributed by atoms with Crippen LogP contribution in [0.1, 0.15) is 5.56 Å². The topological polar surface area (TPSA) is 103 Å². The van der Waals surface area contributed by atoms with E-state index in [2.05, 4.69) is 30.3 Å². The maximum Gasteiger partial charge on any atom is 0.263 e. The number of nitrogens with one attached hydrogen (secondary N) is 1. The van der Waals surface area contributed by atoms with E-state index in [1.54, 1.807) is 25.1 Å². The fourth-order valence-electron chi connectivity index (χ4n) is 3.21. The van der Waals surface area contributed by atoms with E-state index in [-0.39, 0.29) is 16.3 Å². The van der Waals surface area contributed by atoms with Crippen molar-refractivity contribution in [3.05, 3.63) is 74.1 Å². The van der Waals surface area contributed by atoms with Crippen LogP contribution in [0.5, 0.6) is 5.75 Å². The number of aromatic nitrogens is 2. The molecular weight excluding hydrogens is 510 g/mol. The molecule has 0 radical (unpaired) electrons. The van der Waals surface area contributed by atoms with Crippen molar-refractivity contribution in [2.24, 2.45) is 0 Å². The van der Waals surface area contributed by atoms with Crippen molar-refractivity contribution in [3.8, 4) is 11.4 Å². The summed E-state index contributed by atoms with van der Waals surface area (Å²) in [5.74, 6) is 0.490. The van der Waals surface area contributed by atoms with Crippen molar-refractivity contribution in [2.75, 3.05) is 11.8 Å². The van der Waals surface area contributed by atoms with Gasteiger partial charge in [0.15, 0.2) is 5.82 Å². The molecule has 0 spiro atoms. The summed E-state index contributed by atoms with van der Waals surface area (Å²) in [7, 11) is -2.43. The van der Waals surface area contributed by atoms with Crippen LogP contribution in [0.25, 0.3) is 16.6 Å². The lowest BCUT2D eigenvalue weighted by atomic mass is 10.1. The Balaban J connectivity index is 1.94. The van der Waals surface area contributed by atoms with Crippen LogP contribution in [0.2, 0.25) is 5.02 Å². The number of methoxy groups -OCH3 is 1. The summed E-state index contributed by atoms with van der Waals surface area (Å²) in [6, 6.07) is 10.6. The van der Waals surface area contributed by atoms with Crippen molar-refractivity contribution >= 4 is 54.3 Å². The second kappa shape index (κ2) is 8.03. The summed E-state index contributed by atoms with van der Waals surface area (Å²) in [4.78, 5) is 12.9. The van der Waals surface area contributed by atoms with Gasteiger partial charge in [0.2, 0.25) is 0 Å². The Morgan fingerprint density at radius 2 is 1.97 bits per heavy atom. The Morgan fingerprint density at radius 3 is 2.65 bits per heavy atom. The Labute approximate surface area is 190 Å². The highest BCUT2D eigenvalue weighted by Crippen LogP contribution is 2.34. The molecule has 0 saturated carbocycles. The number of rotatable bonds is 5. The fourth-order valence-corrected chi connectivity index (χ4v) is 4.70. The van der Waals surface area contributed by atoms with E-state index >= 15 is 0 Å². The maximum absolute atomic E-state index is 12.9. The molecule has 0 saturated heterocycles. The van der Waals surface area contributed by atoms with Gasteiger partial charge in [-0.3, -0.25) is 14.1 Å². The van der Waals surface area contributed by atoms with Gasteiger partial charge in [-0.15, -0.1) is 0 Å². The van der Waals surface area contributed by atoms with Gasteiger partial charge in [0.1, 0.15) is 12.0 Å². The third-order valence-corrected chi connectivity index (χ3v) is 7.19. The summed E-state index contributed by atoms with van der Waals surface area (Å²) < 4.78 is 40.0. The SMILES string of the molecule is COc1cc(Br)c(Cl)cc1-n1c(=O)cc(C)c2cc(S(=O)(=O)Nc3ccon3)ccc21. The first-order chi connectivity index (χ1) is 14.7. The highest BCUT2D eigenvalue weighted by atomic mass is 79.9. The van der Waals surface area contributed by atoms with Gasteiger partial charge in [-0.05, 0) is 58.7 Å². The van der Waals surface area contributed by atoms with Gasteiger partial charge >= 0.3 is 0 Å². The second-order valence-electron chi connectivity index (χ2n) is 6.61. The van der Waals surface area contributed by atoms with Crippen LogP contribution in [0, 0.1) is 6.92 Å². The molecule has 0 amide bonds. The van der Waals surface area contributed by atoms with Crippen LogP contribution < -0.4 is 15.0 Å². The molecule has 0 unspecified atom stereocenters. The third kappa shape index (κ3) is 3.93. The highest BCUT2D eigenvalue weighted by molar-refractivity contribution is 9.10. The Morgan fingerprint density at radius 1 is 1.19 bits per heavy atom. The quantitative estimate of drug-likeness (QED) is 0.412. The molecule has 4 rings (SSSR count). The van der Waals surface area contributed by atoms with E-state index in [1.165, 1.54) is 42.2 Å². The normalized spacial score (nSPS) is 11.6. The second-order valence-corrected chi connectivity index (χ2v) is 9.55. The molecule has 0 aliphatic heterocycles. The molecule has 11 heteroatoms. The average Bonchev–Trinajstić information content (AvgIpc) is 3.22. The number of hydrogen-bond donors (Lipinski definition) is 1. The lowest BCUT2D eigenvalue weighted by molar-refractivity contribution is 0.412. The van der Waals surface area contributed by atoms with Crippen LogP contribution >= 0.6 is 27.5 Å². The first-order valence-corrected chi connectivity index (χ1v) is 11.5. The molecule has 160 valence electrons. The number of ether oxygens (including phenoxy) is 1. The molecule has 8 nitrogen and oxygen atoms in total. The average molecular weight is 525 g/mol. The number of benzene rings is 2. The number of fused-ring (bicyclic) bond motifs is 1. The molecule has 2 aromatic heterocycles. The first-order valence-electron chi connectivity index (χ1n) is 8.84. The lowest BCUT2D eigenvalue weighted by Gasteiger charge is -2.17. The van der Waals surface area contributed by atoms with Crippen molar-refractivity contribution in [1.29, 1.82) is 0 Å². The van der Waals surface area contributed by atoms with E-state index in [4.69, 9.17) is 16.3 Å². The number of aryl methyl sites for hydroxylation is 1. The van der Waals surface area contributed by atoms with Crippen molar-refractivity contribution in [1.82, 2.24) is 9.72 Å². The Kier molecular flexibility index (Phi) is 5.54. The van der Waals surface area contributed by atoms with Crippen molar-refractivity contribution in [3.63, 3.8) is 0 Å². The molecule has 2 heterocycles. The summed E-state index contributed by atoms with van der Waals surface area (Å²) in [6.45, 7) is 1.74. The lowest BCUT2D eigenvalue weighted by Crippen LogP contribution is -2.20. The molecular formula is C20H15BrClN3O5S. The molecule has 4 aromatic rings. The first kappa shape index (κ1) is 21.4. The molecule has 31 heavy (non-hydrogen) atoms. The van der Waals surface area contributed by atoms with Crippen LogP contribution in [0.3, 0.4) is 0 Å². The number of anilines is 1. The largest absolute Gasteiger partial charge is 0.495 e. The predicted octanol–water partition coefficient (Wildman–Crippen LogP) is 4.51. The number of pyridine rings is 1. The fraction of sp³-hybridized carbons (Fsp3) is 0.100. The number of halogens is 2. The van der Waals surface area contributed by atoms with Gasteiger partial charge in [-0.25, -0.2) is 8.42 Å². The van der Waals surface area contributed by atoms with Crippen LogP contribution in [0.4, 0.5) is 5.82 Å². The van der Waals surface area contributed by atoms with E-state index in [9.17, 15) is 13.2 Å². The molecule has 0 aliphatic rings. The Hall–Kier alpha value is -2.82. The smallest absolute Gasteiger partial charge is 0.263 e. The van der Waals surface area contributed by atoms with Crippen LogP contribution in [-0.2, 0) is 10.0 Å². The minimum Gasteiger partial charge on any atom is -0.495 e. The van der Waals surface area contributed by atoms with E-state index in [0.717, 1.165) is 0 Å². The van der Waals surface area contributed by atoms with E-state index in [1.807, 2.05) is 0 Å². The standard InChI is InChI=1S/C20H15BrClN3O5S/c1-11-7-20(26)25(17-10-15(22)14(21)9-18(17)29-2)16-4-3-12(8-13(11)16)31(27,28)24-19-5-6-30-23-19/h3-10H,1-2H3,(H,23,24). The molecule has 0 bridgehead atoms. The molecule has 2 aromatic carbocycles. The predicted molar refractivity (Wildman–Crippen MR) is 121 cm³/mol. The van der Waals surface area contributed by atoms with Crippen LogP contribution in [-0.4, -0.2) is 25.3 Å². The molecule has 0 atom stereocenters. The van der Waals surface area contributed by atoms with Gasteiger partial charge in [0.05, 0.1) is 28.2 Å². The third-order valence-electron chi connectivity index (χ3n) is 4.64. The van der Waals surface area contributed by atoms with Crippen molar-refractivity contribution in [2.45, 2.75) is 11.8 Å². The maximum atomic E-state index is 12.9. The zero-order valence-corrected chi connectivity index (χ0v) is 19.4. The van der Waals surface area contributed by atoms with Gasteiger partial charge in [-0.1, -0.05) is 16.8 Å². The summed E-state index contributed by atoms with van der Waals surface area (Å²) in [5.41, 5.74) is 1.25. The Bertz CT molecular complexity index is 1470. The molecule has 0 aliphatic carbocycles. The zero-order chi connectivity index (χ0) is 22.3. The van der Waals surface area contributed by atoms with Gasteiger partial charge < -0.3 is 9.26 Å². The van der Waals surface area contributed by atoms with Crippen molar-refractivity contribution < 1.29 is 17.7 Å². The zero-order valence-electron chi connectivity index (χ0n) is 16.2. The monoisotopic (exact) mass is 523 g/mol. The highest BCUT2D eigenvalue weighted by Gasteiger charge is 2.19. The van der Waals surface area contributed by atoms with E-state index in [0.29, 0.717) is 37.4 Å².